The van der Waals surface area contributed by atoms with Gasteiger partial charge in [-0.3, -0.25) is 4.99 Å². The Hall–Kier alpha value is -1.26. The molecule has 1 fully saturated rings. The molecule has 2 unspecified atom stereocenters. The Labute approximate surface area is 148 Å². The molecule has 24 heavy (non-hydrogen) atoms. The van der Waals surface area contributed by atoms with Crippen LogP contribution in [0.4, 0.5) is 4.79 Å². The second-order valence-corrected chi connectivity index (χ2v) is 8.96. The lowest BCUT2D eigenvalue weighted by molar-refractivity contribution is 0.0809. The number of aliphatic imine (C=N–C) groups is 1. The summed E-state index contributed by atoms with van der Waals surface area (Å²) >= 11 is 0. The molecule has 140 valence electrons. The normalized spacial score (nSPS) is 26.8. The van der Waals surface area contributed by atoms with Gasteiger partial charge in [0.25, 0.3) is 0 Å². The van der Waals surface area contributed by atoms with Crippen molar-refractivity contribution in [2.45, 2.75) is 85.9 Å². The van der Waals surface area contributed by atoms with Gasteiger partial charge < -0.3 is 15.0 Å². The Morgan fingerprint density at radius 1 is 1.25 bits per heavy atom. The minimum Gasteiger partial charge on any atom is -0.487 e. The lowest BCUT2D eigenvalue weighted by Crippen LogP contribution is -2.51. The number of urea groups is 1. The molecule has 1 saturated carbocycles. The fourth-order valence-corrected chi connectivity index (χ4v) is 4.41. The van der Waals surface area contributed by atoms with Crippen LogP contribution in [-0.2, 0) is 4.74 Å². The fourth-order valence-electron chi connectivity index (χ4n) is 4.41. The Morgan fingerprint density at radius 3 is 2.33 bits per heavy atom. The van der Waals surface area contributed by atoms with Gasteiger partial charge in [0.1, 0.15) is 0 Å². The molecular formula is C19H37N3O2. The predicted octanol–water partition coefficient (Wildman–Crippen LogP) is 4.07. The highest BCUT2D eigenvalue weighted by atomic mass is 16.5. The molecule has 0 aromatic heterocycles. The van der Waals surface area contributed by atoms with Gasteiger partial charge in [0, 0.05) is 18.6 Å². The van der Waals surface area contributed by atoms with Crippen LogP contribution in [0.5, 0.6) is 0 Å². The van der Waals surface area contributed by atoms with Crippen LogP contribution in [-0.4, -0.2) is 49.1 Å². The molecule has 0 bridgehead atoms. The van der Waals surface area contributed by atoms with Gasteiger partial charge in [-0.25, -0.2) is 4.79 Å². The maximum Gasteiger partial charge on any atom is 0.317 e. The van der Waals surface area contributed by atoms with E-state index in [9.17, 15) is 4.79 Å². The maximum absolute atomic E-state index is 12.6. The smallest absolute Gasteiger partial charge is 0.317 e. The minimum absolute atomic E-state index is 0.0292. The SMILES string of the molecule is COC=NC1CC(C)(C)CC(C)(CNC(=O)N(C(C)C)C(C)C)C1. The highest BCUT2D eigenvalue weighted by molar-refractivity contribution is 5.74. The van der Waals surface area contributed by atoms with E-state index in [1.54, 1.807) is 13.5 Å². The van der Waals surface area contributed by atoms with Crippen LogP contribution >= 0.6 is 0 Å². The second-order valence-electron chi connectivity index (χ2n) is 8.96. The molecule has 1 rings (SSSR count). The van der Waals surface area contributed by atoms with Crippen molar-refractivity contribution in [3.8, 4) is 0 Å². The summed E-state index contributed by atoms with van der Waals surface area (Å²) in [6.07, 6.45) is 4.66. The highest BCUT2D eigenvalue weighted by Gasteiger charge is 2.41. The number of nitrogens with one attached hydrogen (secondary N) is 1. The number of hydrogen-bond donors (Lipinski definition) is 1. The second kappa shape index (κ2) is 8.21. The number of rotatable bonds is 6. The van der Waals surface area contributed by atoms with Gasteiger partial charge in [0.05, 0.1) is 13.2 Å². The number of ether oxygens (including phenoxy) is 1. The fraction of sp³-hybridized carbons (Fsp3) is 0.895. The summed E-state index contributed by atoms with van der Waals surface area (Å²) in [5.41, 5.74) is 0.260. The summed E-state index contributed by atoms with van der Waals surface area (Å²) in [5, 5.41) is 3.17. The molecule has 1 aliphatic carbocycles. The van der Waals surface area contributed by atoms with E-state index in [1.165, 1.54) is 0 Å². The van der Waals surface area contributed by atoms with Crippen molar-refractivity contribution in [2.75, 3.05) is 13.7 Å². The van der Waals surface area contributed by atoms with Gasteiger partial charge in [0.2, 0.25) is 0 Å². The first-order valence-electron chi connectivity index (χ1n) is 9.10. The average Bonchev–Trinajstić information content (AvgIpc) is 2.40. The number of nitrogens with zero attached hydrogens (tertiary/aromatic N) is 2. The van der Waals surface area contributed by atoms with Crippen LogP contribution in [0.3, 0.4) is 0 Å². The molecule has 1 aliphatic rings. The van der Waals surface area contributed by atoms with Crippen LogP contribution in [0.25, 0.3) is 0 Å². The summed E-state index contributed by atoms with van der Waals surface area (Å²) < 4.78 is 5.00. The topological polar surface area (TPSA) is 53.9 Å². The maximum atomic E-state index is 12.6. The summed E-state index contributed by atoms with van der Waals surface area (Å²) in [7, 11) is 1.63. The van der Waals surface area contributed by atoms with E-state index in [2.05, 4.69) is 58.8 Å². The van der Waals surface area contributed by atoms with Crippen LogP contribution in [0, 0.1) is 10.8 Å². The molecule has 2 amide bonds. The molecule has 0 aromatic rings. The molecule has 5 heteroatoms. The summed E-state index contributed by atoms with van der Waals surface area (Å²) in [5.74, 6) is 0. The van der Waals surface area contributed by atoms with Gasteiger partial charge in [0.15, 0.2) is 6.40 Å². The van der Waals surface area contributed by atoms with E-state index in [0.29, 0.717) is 6.54 Å². The number of hydrogen-bond acceptors (Lipinski definition) is 3. The Kier molecular flexibility index (Phi) is 7.11. The molecule has 0 heterocycles. The number of carbonyl (C=O) groups is 1. The first kappa shape index (κ1) is 20.8. The number of carbonyl (C=O) groups excluding carboxylic acids is 1. The summed E-state index contributed by atoms with van der Waals surface area (Å²) in [4.78, 5) is 19.0. The van der Waals surface area contributed by atoms with E-state index in [1.807, 2.05) is 4.90 Å². The van der Waals surface area contributed by atoms with Crippen molar-refractivity contribution in [3.63, 3.8) is 0 Å². The largest absolute Gasteiger partial charge is 0.487 e. The third kappa shape index (κ3) is 5.99. The molecule has 2 atom stereocenters. The minimum atomic E-state index is 0.0292. The van der Waals surface area contributed by atoms with Crippen LogP contribution < -0.4 is 5.32 Å². The van der Waals surface area contributed by atoms with E-state index < -0.39 is 0 Å². The lowest BCUT2D eigenvalue weighted by Gasteiger charge is -2.46. The quantitative estimate of drug-likeness (QED) is 0.586. The summed E-state index contributed by atoms with van der Waals surface area (Å²) in [6, 6.07) is 0.669. The average molecular weight is 340 g/mol. The molecule has 0 spiro atoms. The Bertz CT molecular complexity index is 438. The van der Waals surface area contributed by atoms with Gasteiger partial charge in [-0.15, -0.1) is 0 Å². The van der Waals surface area contributed by atoms with Crippen molar-refractivity contribution in [2.24, 2.45) is 15.8 Å². The Balaban J connectivity index is 2.76. The first-order chi connectivity index (χ1) is 11.0. The van der Waals surface area contributed by atoms with E-state index in [-0.39, 0.29) is 35.0 Å². The van der Waals surface area contributed by atoms with Crippen molar-refractivity contribution >= 4 is 12.4 Å². The molecule has 1 N–H and O–H groups in total. The van der Waals surface area contributed by atoms with Crippen molar-refractivity contribution < 1.29 is 9.53 Å². The Morgan fingerprint density at radius 2 is 1.83 bits per heavy atom. The van der Waals surface area contributed by atoms with Crippen molar-refractivity contribution in [1.82, 2.24) is 10.2 Å². The van der Waals surface area contributed by atoms with Crippen LogP contribution in [0.1, 0.15) is 67.7 Å². The first-order valence-corrected chi connectivity index (χ1v) is 9.10. The monoisotopic (exact) mass is 339 g/mol. The molecule has 0 saturated heterocycles. The summed E-state index contributed by atoms with van der Waals surface area (Å²) in [6.45, 7) is 15.7. The molecule has 5 nitrogen and oxygen atoms in total. The lowest BCUT2D eigenvalue weighted by atomic mass is 9.62. The van der Waals surface area contributed by atoms with Crippen LogP contribution in [0.15, 0.2) is 4.99 Å². The zero-order chi connectivity index (χ0) is 18.5. The number of methoxy groups -OCH3 is 1. The van der Waals surface area contributed by atoms with Crippen molar-refractivity contribution in [1.29, 1.82) is 0 Å². The molecule has 0 aliphatic heterocycles. The van der Waals surface area contributed by atoms with Crippen LogP contribution in [0.2, 0.25) is 0 Å². The molecular weight excluding hydrogens is 302 g/mol. The molecule has 0 aromatic carbocycles. The van der Waals surface area contributed by atoms with Crippen molar-refractivity contribution in [3.05, 3.63) is 0 Å². The number of amides is 2. The highest BCUT2D eigenvalue weighted by Crippen LogP contribution is 2.46. The van der Waals surface area contributed by atoms with E-state index >= 15 is 0 Å². The third-order valence-corrected chi connectivity index (χ3v) is 4.81. The van der Waals surface area contributed by atoms with Gasteiger partial charge >= 0.3 is 6.03 Å². The standard InChI is InChI=1S/C19H37N3O2/c1-14(2)22(15(3)4)17(23)20-12-19(7)10-16(21-13-24-8)9-18(5,6)11-19/h13-16H,9-12H2,1-8H3,(H,20,23). The van der Waals surface area contributed by atoms with E-state index in [4.69, 9.17) is 4.74 Å². The predicted molar refractivity (Wildman–Crippen MR) is 101 cm³/mol. The van der Waals surface area contributed by atoms with Gasteiger partial charge in [-0.1, -0.05) is 20.8 Å². The third-order valence-electron chi connectivity index (χ3n) is 4.81. The molecule has 0 radical (unpaired) electrons. The van der Waals surface area contributed by atoms with Gasteiger partial charge in [-0.2, -0.15) is 0 Å². The van der Waals surface area contributed by atoms with E-state index in [0.717, 1.165) is 19.3 Å². The zero-order valence-corrected chi connectivity index (χ0v) is 16.8. The van der Waals surface area contributed by atoms with Gasteiger partial charge in [-0.05, 0) is 57.8 Å². The zero-order valence-electron chi connectivity index (χ0n) is 16.8.